The van der Waals surface area contributed by atoms with E-state index in [0.29, 0.717) is 21.2 Å². The van der Waals surface area contributed by atoms with Gasteiger partial charge < -0.3 is 5.11 Å². The van der Waals surface area contributed by atoms with Gasteiger partial charge in [-0.3, -0.25) is 10.1 Å². The minimum absolute atomic E-state index is 0.0498. The summed E-state index contributed by atoms with van der Waals surface area (Å²) in [6.07, 6.45) is 0. The maximum absolute atomic E-state index is 10.8. The molecule has 0 unspecified atom stereocenters. The summed E-state index contributed by atoms with van der Waals surface area (Å²) >= 11 is 6.39. The Morgan fingerprint density at radius 2 is 2.04 bits per heavy atom. The lowest BCUT2D eigenvalue weighted by molar-refractivity contribution is -0.384. The smallest absolute Gasteiger partial charge is 0.270 e. The number of nitrogens with zero attached hydrogens (tertiary/aromatic N) is 3. The number of nitroso groups, excluding NO2 is 1. The highest BCUT2D eigenvalue weighted by molar-refractivity contribution is 9.11. The van der Waals surface area contributed by atoms with Gasteiger partial charge in [-0.05, 0) is 49.6 Å². The summed E-state index contributed by atoms with van der Waals surface area (Å²) in [6, 6.07) is 7.19. The molecule has 0 saturated heterocycles. The zero-order chi connectivity index (χ0) is 17.1. The third kappa shape index (κ3) is 3.23. The van der Waals surface area contributed by atoms with Crippen LogP contribution in [-0.4, -0.2) is 10.0 Å². The van der Waals surface area contributed by atoms with Crippen LogP contribution < -0.4 is 0 Å². The maximum atomic E-state index is 10.8. The second-order valence-corrected chi connectivity index (χ2v) is 6.09. The molecule has 116 valence electrons. The van der Waals surface area contributed by atoms with Crippen molar-refractivity contribution < 1.29 is 10.0 Å². The normalized spacial score (nSPS) is 10.1. The summed E-state index contributed by atoms with van der Waals surface area (Å²) < 4.78 is 0.614. The quantitative estimate of drug-likeness (QED) is 0.422. The van der Waals surface area contributed by atoms with Gasteiger partial charge in [-0.2, -0.15) is 10.2 Å². The summed E-state index contributed by atoms with van der Waals surface area (Å²) in [5, 5.41) is 33.0. The predicted octanol–water partition coefficient (Wildman–Crippen LogP) is 4.63. The van der Waals surface area contributed by atoms with Gasteiger partial charge >= 0.3 is 0 Å². The molecular formula is C14H7Br2N3O4. The molecule has 0 spiro atoms. The van der Waals surface area contributed by atoms with Crippen LogP contribution in [0.15, 0.2) is 38.4 Å². The molecule has 0 bridgehead atoms. The molecule has 0 amide bonds. The fourth-order valence-electron chi connectivity index (χ4n) is 2.10. The Morgan fingerprint density at radius 3 is 2.61 bits per heavy atom. The molecule has 0 heterocycles. The zero-order valence-electron chi connectivity index (χ0n) is 11.3. The number of aromatic hydroxyl groups is 1. The minimum atomic E-state index is -0.605. The van der Waals surface area contributed by atoms with Gasteiger partial charge in [-0.25, -0.2) is 0 Å². The van der Waals surface area contributed by atoms with Crippen molar-refractivity contribution in [1.82, 2.24) is 0 Å². The van der Waals surface area contributed by atoms with Crippen LogP contribution >= 0.6 is 31.9 Å². The van der Waals surface area contributed by atoms with Crippen molar-refractivity contribution >= 4 is 37.5 Å². The SMILES string of the molecule is N#Cc1cc([N+](=O)[O-])ccc1-c1c(CN=O)cc(Br)c(O)c1Br. The third-order valence-electron chi connectivity index (χ3n) is 3.11. The average Bonchev–Trinajstić information content (AvgIpc) is 2.53. The van der Waals surface area contributed by atoms with E-state index in [4.69, 9.17) is 0 Å². The molecule has 7 nitrogen and oxygen atoms in total. The van der Waals surface area contributed by atoms with E-state index in [2.05, 4.69) is 37.0 Å². The second-order valence-electron chi connectivity index (χ2n) is 4.44. The number of halogens is 2. The van der Waals surface area contributed by atoms with Gasteiger partial charge in [-0.15, -0.1) is 0 Å². The number of phenolic OH excluding ortho intramolecular Hbond substituents is 1. The molecule has 2 aromatic rings. The topological polar surface area (TPSA) is 117 Å². The summed E-state index contributed by atoms with van der Waals surface area (Å²) in [6.45, 7) is -0.186. The Kier molecular flexibility index (Phi) is 5.08. The predicted molar refractivity (Wildman–Crippen MR) is 89.8 cm³/mol. The first-order valence-electron chi connectivity index (χ1n) is 6.08. The molecule has 0 fully saturated rings. The molecule has 0 aliphatic carbocycles. The molecule has 0 aromatic heterocycles. The molecule has 0 aliphatic heterocycles. The van der Waals surface area contributed by atoms with Crippen molar-refractivity contribution in [3.05, 3.63) is 59.4 Å². The number of nitro benzene ring substituents is 1. The van der Waals surface area contributed by atoms with E-state index in [1.54, 1.807) is 0 Å². The number of non-ortho nitro benzene ring substituents is 1. The first-order chi connectivity index (χ1) is 10.9. The second kappa shape index (κ2) is 6.85. The van der Waals surface area contributed by atoms with Crippen LogP contribution in [0.4, 0.5) is 5.69 Å². The molecule has 1 N–H and O–H groups in total. The van der Waals surface area contributed by atoms with Crippen LogP contribution in [0.1, 0.15) is 11.1 Å². The van der Waals surface area contributed by atoms with Crippen molar-refractivity contribution in [3.63, 3.8) is 0 Å². The summed E-state index contributed by atoms with van der Waals surface area (Å²) in [4.78, 5) is 20.9. The van der Waals surface area contributed by atoms with Crippen LogP contribution in [-0.2, 0) is 6.54 Å². The van der Waals surface area contributed by atoms with E-state index in [1.807, 2.05) is 6.07 Å². The molecule has 0 atom stereocenters. The molecule has 0 radical (unpaired) electrons. The van der Waals surface area contributed by atoms with Crippen molar-refractivity contribution in [3.8, 4) is 22.9 Å². The minimum Gasteiger partial charge on any atom is -0.506 e. The first kappa shape index (κ1) is 17.1. The van der Waals surface area contributed by atoms with Gasteiger partial charge in [0.1, 0.15) is 18.4 Å². The first-order valence-corrected chi connectivity index (χ1v) is 7.67. The lowest BCUT2D eigenvalue weighted by Gasteiger charge is -2.14. The number of nitro groups is 1. The molecule has 2 rings (SSSR count). The summed E-state index contributed by atoms with van der Waals surface area (Å²) in [7, 11) is 0. The Labute approximate surface area is 146 Å². The van der Waals surface area contributed by atoms with Gasteiger partial charge in [0.15, 0.2) is 0 Å². The van der Waals surface area contributed by atoms with Crippen molar-refractivity contribution in [2.45, 2.75) is 6.54 Å². The Morgan fingerprint density at radius 1 is 1.35 bits per heavy atom. The molecule has 2 aromatic carbocycles. The van der Waals surface area contributed by atoms with Gasteiger partial charge in [0.2, 0.25) is 0 Å². The fraction of sp³-hybridized carbons (Fsp3) is 0.0714. The van der Waals surface area contributed by atoms with Crippen molar-refractivity contribution in [2.24, 2.45) is 5.18 Å². The monoisotopic (exact) mass is 439 g/mol. The number of benzene rings is 2. The lowest BCUT2D eigenvalue weighted by atomic mass is 9.95. The number of rotatable bonds is 4. The lowest BCUT2D eigenvalue weighted by Crippen LogP contribution is -1.96. The standard InChI is InChI=1S/C14H7Br2N3O4/c15-11-4-8(6-18-21)12(13(16)14(11)20)10-2-1-9(19(22)23)3-7(10)5-17/h1-4,20H,6H2. The largest absolute Gasteiger partial charge is 0.506 e. The van der Waals surface area contributed by atoms with Gasteiger partial charge in [-0.1, -0.05) is 5.18 Å². The zero-order valence-corrected chi connectivity index (χ0v) is 14.5. The highest BCUT2D eigenvalue weighted by atomic mass is 79.9. The van der Waals surface area contributed by atoms with Gasteiger partial charge in [0.25, 0.3) is 5.69 Å². The number of hydrogen-bond donors (Lipinski definition) is 1. The maximum Gasteiger partial charge on any atom is 0.270 e. The molecule has 23 heavy (non-hydrogen) atoms. The van der Waals surface area contributed by atoms with Crippen LogP contribution in [0, 0.1) is 26.4 Å². The number of hydrogen-bond acceptors (Lipinski definition) is 6. The Bertz CT molecular complexity index is 862. The third-order valence-corrected chi connectivity index (χ3v) is 4.49. The van der Waals surface area contributed by atoms with Crippen LogP contribution in [0.5, 0.6) is 5.75 Å². The van der Waals surface area contributed by atoms with E-state index in [0.717, 1.165) is 6.07 Å². The number of phenols is 1. The van der Waals surface area contributed by atoms with E-state index < -0.39 is 4.92 Å². The number of nitriles is 1. The van der Waals surface area contributed by atoms with Crippen LogP contribution in [0.3, 0.4) is 0 Å². The van der Waals surface area contributed by atoms with Crippen LogP contribution in [0.25, 0.3) is 11.1 Å². The van der Waals surface area contributed by atoms with E-state index in [-0.39, 0.29) is 28.0 Å². The summed E-state index contributed by atoms with van der Waals surface area (Å²) in [5.41, 5.74) is 1.02. The molecule has 9 heteroatoms. The van der Waals surface area contributed by atoms with Gasteiger partial charge in [0.05, 0.1) is 19.4 Å². The van der Waals surface area contributed by atoms with Crippen molar-refractivity contribution in [1.29, 1.82) is 5.26 Å². The van der Waals surface area contributed by atoms with E-state index in [1.165, 1.54) is 18.2 Å². The molecule has 0 saturated carbocycles. The van der Waals surface area contributed by atoms with Crippen LogP contribution in [0.2, 0.25) is 0 Å². The van der Waals surface area contributed by atoms with E-state index >= 15 is 0 Å². The average molecular weight is 441 g/mol. The molecule has 0 aliphatic rings. The Balaban J connectivity index is 2.81. The van der Waals surface area contributed by atoms with E-state index in [9.17, 15) is 25.4 Å². The highest BCUT2D eigenvalue weighted by Gasteiger charge is 2.20. The molecular weight excluding hydrogens is 434 g/mol. The highest BCUT2D eigenvalue weighted by Crippen LogP contribution is 2.44. The van der Waals surface area contributed by atoms with Crippen molar-refractivity contribution in [2.75, 3.05) is 0 Å². The fourth-order valence-corrected chi connectivity index (χ4v) is 3.52. The van der Waals surface area contributed by atoms with Gasteiger partial charge in [0, 0.05) is 23.3 Å². The summed E-state index contributed by atoms with van der Waals surface area (Å²) in [5.74, 6) is -0.114. The Hall–Kier alpha value is -2.31.